The molecule has 21 heavy (non-hydrogen) atoms. The minimum absolute atomic E-state index is 0.588. The minimum Gasteiger partial charge on any atom is -0.493 e. The number of benzene rings is 2. The molecule has 112 valence electrons. The van der Waals surface area contributed by atoms with Crippen molar-refractivity contribution in [3.63, 3.8) is 0 Å². The Balaban J connectivity index is 2.69. The molecule has 0 amide bonds. The van der Waals surface area contributed by atoms with Crippen LogP contribution in [0.3, 0.4) is 0 Å². The van der Waals surface area contributed by atoms with Gasteiger partial charge in [0.2, 0.25) is 0 Å². The Kier molecular flexibility index (Phi) is 4.70. The molecule has 0 spiro atoms. The highest BCUT2D eigenvalue weighted by Gasteiger charge is 2.15. The van der Waals surface area contributed by atoms with Gasteiger partial charge < -0.3 is 20.9 Å². The number of aryl methyl sites for hydroxylation is 1. The van der Waals surface area contributed by atoms with Gasteiger partial charge in [0.1, 0.15) is 0 Å². The van der Waals surface area contributed by atoms with E-state index in [1.54, 1.807) is 14.2 Å². The summed E-state index contributed by atoms with van der Waals surface area (Å²) in [5, 5.41) is 0. The number of nitrogen functional groups attached to an aromatic ring is 1. The Morgan fingerprint density at radius 3 is 2.38 bits per heavy atom. The van der Waals surface area contributed by atoms with Gasteiger partial charge in [-0.05, 0) is 60.8 Å². The molecule has 0 unspecified atom stereocenters. The number of rotatable bonds is 5. The molecule has 0 radical (unpaired) electrons. The van der Waals surface area contributed by atoms with Crippen LogP contribution in [0.2, 0.25) is 0 Å². The Bertz CT molecular complexity index is 639. The number of methoxy groups -OCH3 is 2. The van der Waals surface area contributed by atoms with Crippen LogP contribution in [0.4, 0.5) is 5.69 Å². The third kappa shape index (κ3) is 3.11. The molecule has 4 heteroatoms. The topological polar surface area (TPSA) is 70.5 Å². The van der Waals surface area contributed by atoms with Crippen molar-refractivity contribution < 1.29 is 9.47 Å². The molecule has 2 aromatic rings. The molecule has 2 rings (SSSR count). The van der Waals surface area contributed by atoms with Crippen molar-refractivity contribution in [3.8, 4) is 22.6 Å². The van der Waals surface area contributed by atoms with Gasteiger partial charge in [-0.2, -0.15) is 0 Å². The second-order valence-electron chi connectivity index (χ2n) is 4.99. The predicted molar refractivity (Wildman–Crippen MR) is 86.9 cm³/mol. The quantitative estimate of drug-likeness (QED) is 0.829. The monoisotopic (exact) mass is 286 g/mol. The van der Waals surface area contributed by atoms with Crippen LogP contribution in [0.1, 0.15) is 11.1 Å². The van der Waals surface area contributed by atoms with E-state index in [1.165, 1.54) is 0 Å². The highest BCUT2D eigenvalue weighted by molar-refractivity contribution is 5.79. The van der Waals surface area contributed by atoms with Gasteiger partial charge in [0.15, 0.2) is 11.5 Å². The van der Waals surface area contributed by atoms with Gasteiger partial charge in [0.25, 0.3) is 0 Å². The number of ether oxygens (including phenoxy) is 2. The van der Waals surface area contributed by atoms with Crippen LogP contribution in [-0.4, -0.2) is 20.8 Å². The average molecular weight is 286 g/mol. The SMILES string of the molecule is COc1cc(CCN)cc(-c2cc(N)ccc2C)c1OC. The van der Waals surface area contributed by atoms with E-state index in [1.807, 2.05) is 24.3 Å². The van der Waals surface area contributed by atoms with Gasteiger partial charge in [0, 0.05) is 11.3 Å². The van der Waals surface area contributed by atoms with Gasteiger partial charge in [0.05, 0.1) is 14.2 Å². The molecule has 4 nitrogen and oxygen atoms in total. The zero-order chi connectivity index (χ0) is 15.4. The molecule has 4 N–H and O–H groups in total. The number of hydrogen-bond donors (Lipinski definition) is 2. The fourth-order valence-electron chi connectivity index (χ4n) is 2.46. The van der Waals surface area contributed by atoms with E-state index < -0.39 is 0 Å². The molecule has 0 saturated heterocycles. The lowest BCUT2D eigenvalue weighted by Gasteiger charge is -2.17. The van der Waals surface area contributed by atoms with E-state index >= 15 is 0 Å². The predicted octanol–water partition coefficient (Wildman–Crippen LogP) is 2.76. The van der Waals surface area contributed by atoms with Crippen LogP contribution in [0.5, 0.6) is 11.5 Å². The first-order chi connectivity index (χ1) is 10.1. The van der Waals surface area contributed by atoms with E-state index in [2.05, 4.69) is 13.0 Å². The van der Waals surface area contributed by atoms with E-state index in [0.29, 0.717) is 18.0 Å². The van der Waals surface area contributed by atoms with Gasteiger partial charge in [-0.25, -0.2) is 0 Å². The normalized spacial score (nSPS) is 10.5. The molecule has 0 aliphatic carbocycles. The van der Waals surface area contributed by atoms with Crippen molar-refractivity contribution in [2.45, 2.75) is 13.3 Å². The van der Waals surface area contributed by atoms with Crippen LogP contribution < -0.4 is 20.9 Å². The number of hydrogen-bond acceptors (Lipinski definition) is 4. The molecule has 2 aromatic carbocycles. The summed E-state index contributed by atoms with van der Waals surface area (Å²) >= 11 is 0. The minimum atomic E-state index is 0.588. The Morgan fingerprint density at radius 2 is 1.76 bits per heavy atom. The van der Waals surface area contributed by atoms with Gasteiger partial charge in [-0.15, -0.1) is 0 Å². The standard InChI is InChI=1S/C17H22N2O2/c1-11-4-5-13(19)10-14(11)15-8-12(6-7-18)9-16(20-2)17(15)21-3/h4-5,8-10H,6-7,18-19H2,1-3H3. The van der Waals surface area contributed by atoms with Gasteiger partial charge in [-0.3, -0.25) is 0 Å². The van der Waals surface area contributed by atoms with Crippen LogP contribution in [0.15, 0.2) is 30.3 Å². The third-order valence-electron chi connectivity index (χ3n) is 3.52. The van der Waals surface area contributed by atoms with E-state index in [0.717, 1.165) is 34.4 Å². The zero-order valence-corrected chi connectivity index (χ0v) is 12.8. The summed E-state index contributed by atoms with van der Waals surface area (Å²) in [6, 6.07) is 9.92. The van der Waals surface area contributed by atoms with Crippen molar-refractivity contribution in [3.05, 3.63) is 41.5 Å². The summed E-state index contributed by atoms with van der Waals surface area (Å²) in [6.45, 7) is 2.64. The van der Waals surface area contributed by atoms with Crippen molar-refractivity contribution in [1.82, 2.24) is 0 Å². The van der Waals surface area contributed by atoms with Crippen LogP contribution in [0.25, 0.3) is 11.1 Å². The van der Waals surface area contributed by atoms with Gasteiger partial charge in [-0.1, -0.05) is 6.07 Å². The summed E-state index contributed by atoms with van der Waals surface area (Å²) in [6.07, 6.45) is 0.786. The van der Waals surface area contributed by atoms with Crippen LogP contribution in [-0.2, 0) is 6.42 Å². The molecule has 0 fully saturated rings. The molecular formula is C17H22N2O2. The van der Waals surface area contributed by atoms with Crippen molar-refractivity contribution in [2.24, 2.45) is 5.73 Å². The first kappa shape index (κ1) is 15.2. The number of anilines is 1. The number of nitrogens with two attached hydrogens (primary N) is 2. The van der Waals surface area contributed by atoms with Crippen molar-refractivity contribution in [1.29, 1.82) is 0 Å². The first-order valence-electron chi connectivity index (χ1n) is 6.92. The van der Waals surface area contributed by atoms with Crippen molar-refractivity contribution in [2.75, 3.05) is 26.5 Å². The average Bonchev–Trinajstić information content (AvgIpc) is 2.49. The molecular weight excluding hydrogens is 264 g/mol. The fourth-order valence-corrected chi connectivity index (χ4v) is 2.46. The summed E-state index contributed by atoms with van der Waals surface area (Å²) < 4.78 is 11.0. The molecule has 0 saturated carbocycles. The molecule has 0 aliphatic rings. The molecule has 0 aromatic heterocycles. The van der Waals surface area contributed by atoms with Crippen molar-refractivity contribution >= 4 is 5.69 Å². The zero-order valence-electron chi connectivity index (χ0n) is 12.8. The lowest BCUT2D eigenvalue weighted by molar-refractivity contribution is 0.355. The molecule has 0 bridgehead atoms. The smallest absolute Gasteiger partial charge is 0.168 e. The van der Waals surface area contributed by atoms with Crippen LogP contribution >= 0.6 is 0 Å². The first-order valence-corrected chi connectivity index (χ1v) is 6.92. The lowest BCUT2D eigenvalue weighted by atomic mass is 9.96. The maximum Gasteiger partial charge on any atom is 0.168 e. The Hall–Kier alpha value is -2.20. The third-order valence-corrected chi connectivity index (χ3v) is 3.52. The van der Waals surface area contributed by atoms with Gasteiger partial charge >= 0.3 is 0 Å². The lowest BCUT2D eigenvalue weighted by Crippen LogP contribution is -2.04. The highest BCUT2D eigenvalue weighted by atomic mass is 16.5. The van der Waals surface area contributed by atoms with E-state index in [-0.39, 0.29) is 0 Å². The largest absolute Gasteiger partial charge is 0.493 e. The maximum atomic E-state index is 5.93. The fraction of sp³-hybridized carbons (Fsp3) is 0.294. The second kappa shape index (κ2) is 6.50. The molecule has 0 aliphatic heterocycles. The summed E-state index contributed by atoms with van der Waals surface area (Å²) in [5.74, 6) is 1.42. The molecule has 0 heterocycles. The van der Waals surface area contributed by atoms with Crippen LogP contribution in [0, 0.1) is 6.92 Å². The van der Waals surface area contributed by atoms with E-state index in [9.17, 15) is 0 Å². The Morgan fingerprint density at radius 1 is 1.00 bits per heavy atom. The molecule has 0 atom stereocenters. The summed E-state index contributed by atoms with van der Waals surface area (Å²) in [4.78, 5) is 0. The maximum absolute atomic E-state index is 5.93. The Labute approximate surface area is 125 Å². The van der Waals surface area contributed by atoms with E-state index in [4.69, 9.17) is 20.9 Å². The summed E-state index contributed by atoms with van der Waals surface area (Å²) in [5.41, 5.74) is 16.6. The highest BCUT2D eigenvalue weighted by Crippen LogP contribution is 2.41. The summed E-state index contributed by atoms with van der Waals surface area (Å²) in [7, 11) is 3.28. The second-order valence-corrected chi connectivity index (χ2v) is 4.99.